The minimum absolute atomic E-state index is 0.387. The van der Waals surface area contributed by atoms with Crippen LogP contribution in [0.5, 0.6) is 0 Å². The van der Waals surface area contributed by atoms with Crippen LogP contribution in [-0.4, -0.2) is 45.3 Å². The summed E-state index contributed by atoms with van der Waals surface area (Å²) >= 11 is 0. The zero-order valence-electron chi connectivity index (χ0n) is 16.7. The topological polar surface area (TPSA) is 49.6 Å². The third-order valence-corrected chi connectivity index (χ3v) is 5.59. The second-order valence-electron chi connectivity index (χ2n) is 7.66. The molecule has 1 aliphatic heterocycles. The molecule has 5 rings (SSSR count). The molecule has 1 atom stereocenters. The number of hydrogen-bond donors (Lipinski definition) is 0. The molecule has 4 aromatic rings. The van der Waals surface area contributed by atoms with Gasteiger partial charge in [-0.15, -0.1) is 0 Å². The van der Waals surface area contributed by atoms with E-state index < -0.39 is 0 Å². The first-order valence-electron chi connectivity index (χ1n) is 10.0. The van der Waals surface area contributed by atoms with Crippen molar-refractivity contribution < 1.29 is 0 Å². The molecular formula is C23H24N6. The highest BCUT2D eigenvalue weighted by Gasteiger charge is 2.26. The van der Waals surface area contributed by atoms with Crippen LogP contribution in [-0.2, 0) is 0 Å². The molecule has 29 heavy (non-hydrogen) atoms. The number of fused-ring (bicyclic) bond motifs is 1. The molecule has 0 N–H and O–H groups in total. The van der Waals surface area contributed by atoms with Crippen LogP contribution in [0.2, 0.25) is 0 Å². The van der Waals surface area contributed by atoms with E-state index in [2.05, 4.69) is 76.2 Å². The molecule has 0 bridgehead atoms. The molecule has 6 nitrogen and oxygen atoms in total. The molecule has 0 saturated carbocycles. The van der Waals surface area contributed by atoms with Crippen molar-refractivity contribution >= 4 is 17.3 Å². The van der Waals surface area contributed by atoms with E-state index in [9.17, 15) is 0 Å². The van der Waals surface area contributed by atoms with Crippen LogP contribution in [0.15, 0.2) is 67.0 Å². The Balaban J connectivity index is 1.48. The number of piperazine rings is 1. The predicted molar refractivity (Wildman–Crippen MR) is 116 cm³/mol. The van der Waals surface area contributed by atoms with Crippen molar-refractivity contribution in [2.24, 2.45) is 0 Å². The summed E-state index contributed by atoms with van der Waals surface area (Å²) in [5.41, 5.74) is 4.60. The quantitative estimate of drug-likeness (QED) is 0.538. The van der Waals surface area contributed by atoms with E-state index in [1.54, 1.807) is 6.33 Å². The Kier molecular flexibility index (Phi) is 4.39. The maximum absolute atomic E-state index is 4.70. The Labute approximate surface area is 170 Å². The Morgan fingerprint density at radius 3 is 2.62 bits per heavy atom. The second-order valence-corrected chi connectivity index (χ2v) is 7.66. The molecule has 6 heteroatoms. The molecular weight excluding hydrogens is 360 g/mol. The number of nitrogens with zero attached hydrogens (tertiary/aromatic N) is 6. The first-order valence-corrected chi connectivity index (χ1v) is 10.0. The molecule has 0 amide bonds. The Morgan fingerprint density at radius 2 is 1.83 bits per heavy atom. The van der Waals surface area contributed by atoms with Crippen LogP contribution >= 0.6 is 0 Å². The zero-order valence-corrected chi connectivity index (χ0v) is 16.7. The average Bonchev–Trinajstić information content (AvgIpc) is 3.22. The van der Waals surface area contributed by atoms with Gasteiger partial charge >= 0.3 is 0 Å². The first-order chi connectivity index (χ1) is 14.2. The van der Waals surface area contributed by atoms with Gasteiger partial charge in [-0.25, -0.2) is 4.98 Å². The highest BCUT2D eigenvalue weighted by Crippen LogP contribution is 2.27. The lowest BCUT2D eigenvalue weighted by molar-refractivity contribution is 0.543. The monoisotopic (exact) mass is 384 g/mol. The van der Waals surface area contributed by atoms with E-state index in [-0.39, 0.29) is 0 Å². The van der Waals surface area contributed by atoms with Crippen LogP contribution in [0.25, 0.3) is 17.0 Å². The number of rotatable bonds is 3. The fourth-order valence-electron chi connectivity index (χ4n) is 4.13. The van der Waals surface area contributed by atoms with Gasteiger partial charge in [-0.2, -0.15) is 14.6 Å². The normalized spacial score (nSPS) is 17.1. The minimum Gasteiger partial charge on any atom is -0.365 e. The second kappa shape index (κ2) is 7.20. The predicted octanol–water partition coefficient (Wildman–Crippen LogP) is 3.81. The van der Waals surface area contributed by atoms with Crippen LogP contribution < -0.4 is 9.80 Å². The fourth-order valence-corrected chi connectivity index (χ4v) is 4.13. The van der Waals surface area contributed by atoms with Gasteiger partial charge in [-0.1, -0.05) is 42.5 Å². The maximum atomic E-state index is 4.70. The van der Waals surface area contributed by atoms with Crippen molar-refractivity contribution in [2.45, 2.75) is 19.9 Å². The highest BCUT2D eigenvalue weighted by atomic mass is 15.4. The minimum atomic E-state index is 0.387. The van der Waals surface area contributed by atoms with Gasteiger partial charge in [-0.3, -0.25) is 0 Å². The lowest BCUT2D eigenvalue weighted by Crippen LogP contribution is -2.52. The fraction of sp³-hybridized carbons (Fsp3) is 0.261. The van der Waals surface area contributed by atoms with E-state index in [0.717, 1.165) is 36.7 Å². The molecule has 1 aliphatic rings. The third-order valence-electron chi connectivity index (χ3n) is 5.59. The lowest BCUT2D eigenvalue weighted by Gasteiger charge is -2.42. The number of anilines is 2. The van der Waals surface area contributed by atoms with Gasteiger partial charge in [0.1, 0.15) is 12.1 Å². The largest absolute Gasteiger partial charge is 0.365 e. The summed E-state index contributed by atoms with van der Waals surface area (Å²) < 4.78 is 1.85. The van der Waals surface area contributed by atoms with E-state index in [1.807, 2.05) is 22.7 Å². The molecule has 0 aliphatic carbocycles. The maximum Gasteiger partial charge on any atom is 0.254 e. The van der Waals surface area contributed by atoms with Crippen LogP contribution in [0, 0.1) is 6.92 Å². The Morgan fingerprint density at radius 1 is 0.966 bits per heavy atom. The van der Waals surface area contributed by atoms with Gasteiger partial charge in [-0.05, 0) is 31.5 Å². The number of aryl methyl sites for hydroxylation is 1. The van der Waals surface area contributed by atoms with Crippen molar-refractivity contribution in [1.82, 2.24) is 19.6 Å². The average molecular weight is 384 g/mol. The summed E-state index contributed by atoms with van der Waals surface area (Å²) in [6.07, 6.45) is 1.58. The molecule has 2 aromatic carbocycles. The third kappa shape index (κ3) is 3.31. The van der Waals surface area contributed by atoms with E-state index >= 15 is 0 Å². The van der Waals surface area contributed by atoms with Crippen LogP contribution in [0.3, 0.4) is 0 Å². The number of hydrogen-bond acceptors (Lipinski definition) is 5. The standard InChI is InChI=1S/C23H24N6/c1-17-7-6-10-20(13-17)28-12-11-27(15-18(28)2)22-14-21(19-8-4-3-5-9-19)26-23-24-16-25-29(22)23/h3-10,13-14,16,18H,11-12,15H2,1-2H3/t18-/m1/s1. The van der Waals surface area contributed by atoms with Crippen LogP contribution in [0.1, 0.15) is 12.5 Å². The lowest BCUT2D eigenvalue weighted by atomic mass is 10.1. The van der Waals surface area contributed by atoms with Gasteiger partial charge in [0.05, 0.1) is 5.69 Å². The van der Waals surface area contributed by atoms with Crippen molar-refractivity contribution in [1.29, 1.82) is 0 Å². The summed E-state index contributed by atoms with van der Waals surface area (Å²) in [6, 6.07) is 21.5. The van der Waals surface area contributed by atoms with Crippen molar-refractivity contribution in [3.05, 3.63) is 72.6 Å². The van der Waals surface area contributed by atoms with Gasteiger partial charge in [0, 0.05) is 43.0 Å². The molecule has 1 saturated heterocycles. The smallest absolute Gasteiger partial charge is 0.254 e. The highest BCUT2D eigenvalue weighted by molar-refractivity contribution is 5.66. The van der Waals surface area contributed by atoms with Crippen molar-refractivity contribution in [3.8, 4) is 11.3 Å². The summed E-state index contributed by atoms with van der Waals surface area (Å²) in [5, 5.41) is 4.43. The van der Waals surface area contributed by atoms with Crippen LogP contribution in [0.4, 0.5) is 11.5 Å². The first kappa shape index (κ1) is 17.7. The van der Waals surface area contributed by atoms with Gasteiger partial charge in [0.25, 0.3) is 5.78 Å². The molecule has 0 unspecified atom stereocenters. The van der Waals surface area contributed by atoms with Gasteiger partial charge in [0.15, 0.2) is 0 Å². The molecule has 0 spiro atoms. The van der Waals surface area contributed by atoms with E-state index in [0.29, 0.717) is 11.8 Å². The number of aromatic nitrogens is 4. The van der Waals surface area contributed by atoms with Crippen molar-refractivity contribution in [3.63, 3.8) is 0 Å². The summed E-state index contributed by atoms with van der Waals surface area (Å²) in [7, 11) is 0. The number of benzene rings is 2. The summed E-state index contributed by atoms with van der Waals surface area (Å²) in [4.78, 5) is 13.9. The van der Waals surface area contributed by atoms with Crippen molar-refractivity contribution in [2.75, 3.05) is 29.4 Å². The molecule has 146 valence electrons. The summed E-state index contributed by atoms with van der Waals surface area (Å²) in [6.45, 7) is 7.23. The van der Waals surface area contributed by atoms with Gasteiger partial charge < -0.3 is 9.80 Å². The molecule has 3 heterocycles. The SMILES string of the molecule is Cc1cccc(N2CCN(c3cc(-c4ccccc4)nc4ncnn34)C[C@H]2C)c1. The summed E-state index contributed by atoms with van der Waals surface area (Å²) in [5.74, 6) is 1.68. The van der Waals surface area contributed by atoms with Gasteiger partial charge in [0.2, 0.25) is 0 Å². The molecule has 2 aromatic heterocycles. The molecule has 1 fully saturated rings. The van der Waals surface area contributed by atoms with E-state index in [1.165, 1.54) is 11.3 Å². The Hall–Kier alpha value is -3.41. The molecule has 0 radical (unpaired) electrons. The Bertz CT molecular complexity index is 1140. The van der Waals surface area contributed by atoms with E-state index in [4.69, 9.17) is 4.98 Å². The zero-order chi connectivity index (χ0) is 19.8.